The third-order valence-corrected chi connectivity index (χ3v) is 14.8. The van der Waals surface area contributed by atoms with Crippen molar-refractivity contribution in [2.45, 2.75) is 150 Å². The molecule has 0 unspecified atom stereocenters. The molecule has 11 nitrogen and oxygen atoms in total. The summed E-state index contributed by atoms with van der Waals surface area (Å²) in [6.07, 6.45) is 11.8. The molecule has 1 N–H and O–H groups in total. The zero-order valence-electron chi connectivity index (χ0n) is 50.4. The Hall–Kier alpha value is -8.02. The number of ether oxygens (including phenoxy) is 2. The van der Waals surface area contributed by atoms with E-state index in [1.807, 2.05) is 88.5 Å². The van der Waals surface area contributed by atoms with Gasteiger partial charge in [-0.15, -0.1) is 10.2 Å². The van der Waals surface area contributed by atoms with E-state index >= 15 is 0 Å². The van der Waals surface area contributed by atoms with Gasteiger partial charge in [-0.25, -0.2) is 19.3 Å². The van der Waals surface area contributed by atoms with Gasteiger partial charge < -0.3 is 14.8 Å². The summed E-state index contributed by atoms with van der Waals surface area (Å²) in [6.45, 7) is 29.9. The van der Waals surface area contributed by atoms with Gasteiger partial charge in [0.05, 0.1) is 59.8 Å². The van der Waals surface area contributed by atoms with Crippen molar-refractivity contribution in [2.75, 3.05) is 13.2 Å². The van der Waals surface area contributed by atoms with Gasteiger partial charge in [0.15, 0.2) is 0 Å². The van der Waals surface area contributed by atoms with Crippen LogP contribution >= 0.6 is 0 Å². The van der Waals surface area contributed by atoms with E-state index in [4.69, 9.17) is 29.6 Å². The van der Waals surface area contributed by atoms with Crippen molar-refractivity contribution in [3.05, 3.63) is 215 Å². The van der Waals surface area contributed by atoms with Crippen LogP contribution < -0.4 is 14.8 Å². The lowest BCUT2D eigenvalue weighted by molar-refractivity contribution is 0.293. The third-order valence-electron chi connectivity index (χ3n) is 14.8. The third kappa shape index (κ3) is 15.7. The summed E-state index contributed by atoms with van der Waals surface area (Å²) in [5.74, 6) is 1.83. The van der Waals surface area contributed by atoms with Crippen molar-refractivity contribution < 1.29 is 9.47 Å². The second kappa shape index (κ2) is 25.4. The number of nitrogens with one attached hydrogen (secondary N) is 1. The first-order valence-electron chi connectivity index (χ1n) is 29.2. The van der Waals surface area contributed by atoms with Gasteiger partial charge in [0.25, 0.3) is 0 Å². The molecular formula is C71H83N9O2. The zero-order chi connectivity index (χ0) is 58.1. The minimum Gasteiger partial charge on any atom is -0.494 e. The predicted molar refractivity (Wildman–Crippen MR) is 335 cm³/mol. The van der Waals surface area contributed by atoms with Gasteiger partial charge in [-0.3, -0.25) is 0 Å². The quantitative estimate of drug-likeness (QED) is 0.180. The molecule has 4 aliphatic rings. The highest BCUT2D eigenvalue weighted by molar-refractivity contribution is 5.88. The van der Waals surface area contributed by atoms with Crippen molar-refractivity contribution in [2.24, 2.45) is 0 Å². The molecule has 0 aliphatic carbocycles. The summed E-state index contributed by atoms with van der Waals surface area (Å²) in [6, 6.07) is 52.6. The monoisotopic (exact) mass is 1090 g/mol. The fourth-order valence-corrected chi connectivity index (χ4v) is 9.57. The molecule has 8 bridgehead atoms. The maximum atomic E-state index is 5.96. The molecule has 0 amide bonds. The van der Waals surface area contributed by atoms with E-state index in [0.717, 1.165) is 106 Å². The normalized spacial score (nSPS) is 13.8. The number of hydrogen-bond donors (Lipinski definition) is 1. The lowest BCUT2D eigenvalue weighted by Crippen LogP contribution is -2.17. The highest BCUT2D eigenvalue weighted by Crippen LogP contribution is 2.35. The Bertz CT molecular complexity index is 3390. The molecule has 9 aromatic rings. The fourth-order valence-electron chi connectivity index (χ4n) is 9.57. The van der Waals surface area contributed by atoms with Crippen LogP contribution in [-0.4, -0.2) is 53.2 Å². The van der Waals surface area contributed by atoms with Gasteiger partial charge >= 0.3 is 0 Å². The Labute approximate surface area is 487 Å². The van der Waals surface area contributed by atoms with E-state index in [2.05, 4.69) is 190 Å². The lowest BCUT2D eigenvalue weighted by Gasteiger charge is -2.26. The molecule has 0 radical (unpaired) electrons. The van der Waals surface area contributed by atoms with Gasteiger partial charge in [0, 0.05) is 24.2 Å². The summed E-state index contributed by atoms with van der Waals surface area (Å²) in [5.41, 5.74) is 16.3. The molecule has 13 rings (SSSR count). The van der Waals surface area contributed by atoms with Gasteiger partial charge in [-0.05, 0) is 159 Å². The van der Waals surface area contributed by atoms with Gasteiger partial charge in [-0.1, -0.05) is 180 Å². The van der Waals surface area contributed by atoms with Crippen molar-refractivity contribution in [3.8, 4) is 45.5 Å². The SMILES string of the molecule is CC(C)(C)c1cc(-n2cc(C(=Cc3ccccc3)c3cn(-c4cc(C(C)(C)C)cc(C(C)(C)C)c4)nn3)nn2)cc(C(C)(C)C)c1.c1cc2nc(c1)-c1cccc(n1)-c1ccc(cc1)OCCCCCCCOc1ccc(cc1)CNC2. The molecule has 0 saturated carbocycles. The van der Waals surface area contributed by atoms with E-state index in [9.17, 15) is 0 Å². The minimum atomic E-state index is -0.00650. The number of nitrogens with zero attached hydrogens (tertiary/aromatic N) is 8. The number of aromatic nitrogens is 8. The topological polar surface area (TPSA) is 118 Å². The smallest absolute Gasteiger partial charge is 0.119 e. The van der Waals surface area contributed by atoms with Crippen molar-refractivity contribution in [3.63, 3.8) is 0 Å². The van der Waals surface area contributed by atoms with Crippen LogP contribution in [0.5, 0.6) is 11.5 Å². The maximum absolute atomic E-state index is 5.96. The number of benzene rings is 5. The molecule has 0 saturated heterocycles. The molecule has 0 spiro atoms. The van der Waals surface area contributed by atoms with Crippen molar-refractivity contribution in [1.82, 2.24) is 45.3 Å². The highest BCUT2D eigenvalue weighted by Gasteiger charge is 2.25. The van der Waals surface area contributed by atoms with Crippen LogP contribution in [0.3, 0.4) is 0 Å². The maximum Gasteiger partial charge on any atom is 0.119 e. The van der Waals surface area contributed by atoms with Crippen LogP contribution in [-0.2, 0) is 34.7 Å². The number of rotatable bonds is 5. The first kappa shape index (κ1) is 58.6. The summed E-state index contributed by atoms with van der Waals surface area (Å²) in [7, 11) is 0. The molecule has 82 heavy (non-hydrogen) atoms. The van der Waals surface area contributed by atoms with Gasteiger partial charge in [0.1, 0.15) is 22.9 Å². The molecule has 0 atom stereocenters. The molecule has 5 aromatic carbocycles. The van der Waals surface area contributed by atoms with Crippen LogP contribution in [0.25, 0.3) is 45.7 Å². The standard InChI is InChI=1S/C40H50N6.C31H33N3O2/c1-37(2,3)28-19-29(38(4,5)6)22-32(21-28)45-25-35(41-43-45)34(18-27-16-14-13-15-17-27)36-26-46(44-42-36)33-23-30(39(7,8)9)20-31(24-33)40(10,11)12;1-2-4-20-35-27-16-12-24(13-17-27)22-32-23-26-8-6-10-30(33-26)31-11-7-9-29(34-31)25-14-18-28(19-15-25)36-21-5-3-1/h13-26H,1-12H3;6-19,32H,1-5,20-23H2. The molecule has 0 fully saturated rings. The summed E-state index contributed by atoms with van der Waals surface area (Å²) in [5, 5.41) is 22.2. The summed E-state index contributed by atoms with van der Waals surface area (Å²) in [4.78, 5) is 9.75. The average Bonchev–Trinajstić information content (AvgIpc) is 4.24. The Kier molecular flexibility index (Phi) is 18.2. The highest BCUT2D eigenvalue weighted by atomic mass is 16.5. The predicted octanol–water partition coefficient (Wildman–Crippen LogP) is 16.4. The zero-order valence-corrected chi connectivity index (χ0v) is 50.4. The Morgan fingerprint density at radius 3 is 1.40 bits per heavy atom. The first-order valence-corrected chi connectivity index (χ1v) is 29.2. The molecule has 4 aromatic heterocycles. The minimum absolute atomic E-state index is 0.00650. The van der Waals surface area contributed by atoms with Crippen LogP contribution in [0.1, 0.15) is 166 Å². The first-order chi connectivity index (χ1) is 39.1. The van der Waals surface area contributed by atoms with E-state index in [1.165, 1.54) is 47.1 Å². The summed E-state index contributed by atoms with van der Waals surface area (Å²) >= 11 is 0. The Balaban J connectivity index is 0.000000203. The van der Waals surface area contributed by atoms with Crippen LogP contribution in [0.2, 0.25) is 0 Å². The van der Waals surface area contributed by atoms with Crippen LogP contribution in [0.4, 0.5) is 0 Å². The lowest BCUT2D eigenvalue weighted by atomic mass is 9.80. The molecule has 4 aliphatic heterocycles. The number of pyridine rings is 2. The second-order valence-electron chi connectivity index (χ2n) is 25.8. The van der Waals surface area contributed by atoms with Crippen LogP contribution in [0, 0.1) is 0 Å². The Morgan fingerprint density at radius 1 is 0.451 bits per heavy atom. The fraction of sp³-hybridized carbons (Fsp3) is 0.352. The largest absolute Gasteiger partial charge is 0.494 e. The van der Waals surface area contributed by atoms with Gasteiger partial charge in [0.2, 0.25) is 0 Å². The molecular weight excluding hydrogens is 1010 g/mol. The van der Waals surface area contributed by atoms with E-state index in [-0.39, 0.29) is 21.7 Å². The Morgan fingerprint density at radius 2 is 0.902 bits per heavy atom. The second-order valence-corrected chi connectivity index (χ2v) is 25.8. The van der Waals surface area contributed by atoms with Crippen molar-refractivity contribution in [1.29, 1.82) is 0 Å². The van der Waals surface area contributed by atoms with E-state index in [1.54, 1.807) is 0 Å². The average molecular weight is 1090 g/mol. The van der Waals surface area contributed by atoms with E-state index in [0.29, 0.717) is 6.54 Å². The van der Waals surface area contributed by atoms with E-state index < -0.39 is 0 Å². The van der Waals surface area contributed by atoms with Crippen molar-refractivity contribution >= 4 is 11.6 Å². The molecule has 424 valence electrons. The molecule has 8 heterocycles. The summed E-state index contributed by atoms with van der Waals surface area (Å²) < 4.78 is 15.6. The van der Waals surface area contributed by atoms with Crippen LogP contribution in [0.15, 0.2) is 164 Å². The van der Waals surface area contributed by atoms with Gasteiger partial charge in [-0.2, -0.15) is 0 Å². The number of hydrogen-bond acceptors (Lipinski definition) is 9. The molecule has 11 heteroatoms.